The van der Waals surface area contributed by atoms with Crippen molar-refractivity contribution in [3.63, 3.8) is 0 Å². The lowest BCUT2D eigenvalue weighted by Gasteiger charge is -2.33. The third-order valence-corrected chi connectivity index (χ3v) is 4.69. The number of nitrogens with one attached hydrogen (secondary N) is 1. The maximum Gasteiger partial charge on any atom is 0.243 e. The molecule has 1 amide bonds. The zero-order valence-corrected chi connectivity index (χ0v) is 14.8. The van der Waals surface area contributed by atoms with Crippen LogP contribution in [0.3, 0.4) is 0 Å². The lowest BCUT2D eigenvalue weighted by molar-refractivity contribution is -0.116. The summed E-state index contributed by atoms with van der Waals surface area (Å²) in [6.07, 6.45) is 8.44. The Morgan fingerprint density at radius 3 is 2.86 bits per heavy atom. The van der Waals surface area contributed by atoms with Gasteiger partial charge in [-0.1, -0.05) is 34.5 Å². The molecule has 1 aliphatic heterocycles. The number of amides is 1. The SMILES string of the molecule is C[C@@H]1CCCCN1CCCNC(=O)/C=C/c1ccc(Br)cc1. The summed E-state index contributed by atoms with van der Waals surface area (Å²) >= 11 is 3.40. The van der Waals surface area contributed by atoms with Crippen molar-refractivity contribution >= 4 is 27.9 Å². The highest BCUT2D eigenvalue weighted by Gasteiger charge is 2.16. The summed E-state index contributed by atoms with van der Waals surface area (Å²) < 4.78 is 1.04. The fraction of sp³-hybridized carbons (Fsp3) is 0.500. The van der Waals surface area contributed by atoms with E-state index in [0.29, 0.717) is 6.04 Å². The summed E-state index contributed by atoms with van der Waals surface area (Å²) in [5.41, 5.74) is 1.03. The van der Waals surface area contributed by atoms with Crippen LogP contribution in [0.4, 0.5) is 0 Å². The minimum Gasteiger partial charge on any atom is -0.353 e. The van der Waals surface area contributed by atoms with Gasteiger partial charge in [0.1, 0.15) is 0 Å². The Kier molecular flexibility index (Phi) is 7.13. The van der Waals surface area contributed by atoms with Crippen molar-refractivity contribution in [2.24, 2.45) is 0 Å². The number of rotatable bonds is 6. The highest BCUT2D eigenvalue weighted by atomic mass is 79.9. The maximum atomic E-state index is 11.8. The van der Waals surface area contributed by atoms with E-state index in [1.807, 2.05) is 30.3 Å². The minimum absolute atomic E-state index is 0.0189. The maximum absolute atomic E-state index is 11.8. The molecule has 0 aromatic heterocycles. The molecule has 0 bridgehead atoms. The number of carbonyl (C=O) groups is 1. The molecule has 1 saturated heterocycles. The summed E-state index contributed by atoms with van der Waals surface area (Å²) in [5.74, 6) is -0.0189. The van der Waals surface area contributed by atoms with Gasteiger partial charge >= 0.3 is 0 Å². The lowest BCUT2D eigenvalue weighted by atomic mass is 10.0. The zero-order chi connectivity index (χ0) is 15.8. The van der Waals surface area contributed by atoms with E-state index >= 15 is 0 Å². The van der Waals surface area contributed by atoms with Gasteiger partial charge in [-0.3, -0.25) is 4.79 Å². The van der Waals surface area contributed by atoms with Crippen molar-refractivity contribution < 1.29 is 4.79 Å². The molecule has 4 heteroatoms. The first kappa shape index (κ1) is 17.2. The van der Waals surface area contributed by atoms with Crippen molar-refractivity contribution in [2.75, 3.05) is 19.6 Å². The van der Waals surface area contributed by atoms with E-state index in [9.17, 15) is 4.79 Å². The lowest BCUT2D eigenvalue weighted by Crippen LogP contribution is -2.39. The highest BCUT2D eigenvalue weighted by Crippen LogP contribution is 2.16. The third kappa shape index (κ3) is 5.93. The van der Waals surface area contributed by atoms with Crippen LogP contribution in [0.1, 0.15) is 38.2 Å². The Balaban J connectivity index is 1.64. The van der Waals surface area contributed by atoms with Gasteiger partial charge in [-0.15, -0.1) is 0 Å². The van der Waals surface area contributed by atoms with Crippen molar-refractivity contribution in [2.45, 2.75) is 38.6 Å². The second-order valence-electron chi connectivity index (χ2n) is 5.91. The number of hydrogen-bond donors (Lipinski definition) is 1. The van der Waals surface area contributed by atoms with Crippen molar-refractivity contribution in [3.05, 3.63) is 40.4 Å². The number of hydrogen-bond acceptors (Lipinski definition) is 2. The van der Waals surface area contributed by atoms with Crippen LogP contribution in [0.2, 0.25) is 0 Å². The van der Waals surface area contributed by atoms with Crippen LogP contribution in [0.15, 0.2) is 34.8 Å². The Morgan fingerprint density at radius 1 is 1.36 bits per heavy atom. The second-order valence-corrected chi connectivity index (χ2v) is 6.83. The normalized spacial score (nSPS) is 19.5. The average Bonchev–Trinajstić information content (AvgIpc) is 2.52. The highest BCUT2D eigenvalue weighted by molar-refractivity contribution is 9.10. The molecule has 1 aromatic carbocycles. The van der Waals surface area contributed by atoms with E-state index in [4.69, 9.17) is 0 Å². The van der Waals surface area contributed by atoms with E-state index in [2.05, 4.69) is 33.1 Å². The molecule has 0 unspecified atom stereocenters. The zero-order valence-electron chi connectivity index (χ0n) is 13.2. The molecule has 0 aliphatic carbocycles. The van der Waals surface area contributed by atoms with E-state index < -0.39 is 0 Å². The Labute approximate surface area is 141 Å². The minimum atomic E-state index is -0.0189. The molecule has 3 nitrogen and oxygen atoms in total. The first-order valence-corrected chi connectivity index (χ1v) is 8.90. The predicted octanol–water partition coefficient (Wildman–Crippen LogP) is 3.84. The summed E-state index contributed by atoms with van der Waals surface area (Å²) in [6.45, 7) is 5.34. The van der Waals surface area contributed by atoms with Gasteiger partial charge in [0.2, 0.25) is 5.91 Å². The molecule has 0 spiro atoms. The van der Waals surface area contributed by atoms with Gasteiger partial charge in [-0.2, -0.15) is 0 Å². The van der Waals surface area contributed by atoms with Crippen LogP contribution in [0, 0.1) is 0 Å². The Bertz CT molecular complexity index is 498. The summed E-state index contributed by atoms with van der Waals surface area (Å²) in [6, 6.07) is 8.59. The number of nitrogens with zero attached hydrogens (tertiary/aromatic N) is 1. The molecular formula is C18H25BrN2O. The molecule has 1 aliphatic rings. The van der Waals surface area contributed by atoms with Crippen LogP contribution in [0.5, 0.6) is 0 Å². The summed E-state index contributed by atoms with van der Waals surface area (Å²) in [7, 11) is 0. The molecule has 22 heavy (non-hydrogen) atoms. The fourth-order valence-corrected chi connectivity index (χ4v) is 3.05. The second kappa shape index (κ2) is 9.11. The van der Waals surface area contributed by atoms with Crippen molar-refractivity contribution in [3.8, 4) is 0 Å². The number of benzene rings is 1. The largest absolute Gasteiger partial charge is 0.353 e. The molecule has 0 radical (unpaired) electrons. The molecular weight excluding hydrogens is 340 g/mol. The van der Waals surface area contributed by atoms with Gasteiger partial charge in [0.25, 0.3) is 0 Å². The predicted molar refractivity (Wildman–Crippen MR) is 95.7 cm³/mol. The van der Waals surface area contributed by atoms with Gasteiger partial charge in [0, 0.05) is 29.7 Å². The van der Waals surface area contributed by atoms with Crippen molar-refractivity contribution in [1.82, 2.24) is 10.2 Å². The fourth-order valence-electron chi connectivity index (χ4n) is 2.79. The van der Waals surface area contributed by atoms with Gasteiger partial charge in [0.05, 0.1) is 0 Å². The first-order chi connectivity index (χ1) is 10.6. The Morgan fingerprint density at radius 2 is 2.14 bits per heavy atom. The van der Waals surface area contributed by atoms with E-state index in [1.165, 1.54) is 25.8 Å². The quantitative estimate of drug-likeness (QED) is 0.614. The molecule has 0 saturated carbocycles. The number of carbonyl (C=O) groups excluding carboxylic acids is 1. The van der Waals surface area contributed by atoms with E-state index in [0.717, 1.165) is 29.5 Å². The van der Waals surface area contributed by atoms with Crippen LogP contribution in [0.25, 0.3) is 6.08 Å². The molecule has 120 valence electrons. The van der Waals surface area contributed by atoms with Gasteiger partial charge in [0.15, 0.2) is 0 Å². The summed E-state index contributed by atoms with van der Waals surface area (Å²) in [5, 5.41) is 2.96. The van der Waals surface area contributed by atoms with Crippen LogP contribution in [-0.2, 0) is 4.79 Å². The number of likely N-dealkylation sites (tertiary alicyclic amines) is 1. The molecule has 2 rings (SSSR count). The smallest absolute Gasteiger partial charge is 0.243 e. The van der Waals surface area contributed by atoms with Crippen LogP contribution in [-0.4, -0.2) is 36.5 Å². The van der Waals surface area contributed by atoms with Gasteiger partial charge in [-0.25, -0.2) is 0 Å². The van der Waals surface area contributed by atoms with E-state index in [-0.39, 0.29) is 5.91 Å². The van der Waals surface area contributed by atoms with E-state index in [1.54, 1.807) is 6.08 Å². The molecule has 1 aromatic rings. The van der Waals surface area contributed by atoms with Gasteiger partial charge < -0.3 is 10.2 Å². The first-order valence-electron chi connectivity index (χ1n) is 8.10. The molecule has 1 heterocycles. The topological polar surface area (TPSA) is 32.3 Å². The van der Waals surface area contributed by atoms with Crippen molar-refractivity contribution in [1.29, 1.82) is 0 Å². The third-order valence-electron chi connectivity index (χ3n) is 4.16. The standard InChI is InChI=1S/C18H25BrN2O/c1-15-5-2-3-13-21(15)14-4-12-20-18(22)11-8-16-6-9-17(19)10-7-16/h6-11,15H,2-5,12-14H2,1H3,(H,20,22)/b11-8+/t15-/m1/s1. The molecule has 1 fully saturated rings. The monoisotopic (exact) mass is 364 g/mol. The Hall–Kier alpha value is -1.13. The van der Waals surface area contributed by atoms with Gasteiger partial charge in [-0.05, 0) is 56.5 Å². The van der Waals surface area contributed by atoms with Crippen LogP contribution < -0.4 is 5.32 Å². The molecule has 1 atom stereocenters. The molecule has 1 N–H and O–H groups in total. The van der Waals surface area contributed by atoms with Crippen LogP contribution >= 0.6 is 15.9 Å². The number of piperidine rings is 1. The number of halogens is 1. The summed E-state index contributed by atoms with van der Waals surface area (Å²) in [4.78, 5) is 14.3. The average molecular weight is 365 g/mol.